The molecule has 0 bridgehead atoms. The molecule has 0 atom stereocenters. The number of benzene rings is 1. The van der Waals surface area contributed by atoms with Gasteiger partial charge in [-0.25, -0.2) is 0 Å². The summed E-state index contributed by atoms with van der Waals surface area (Å²) < 4.78 is 28.6. The Balaban J connectivity index is 1.43. The Morgan fingerprint density at radius 3 is 2.72 bits per heavy atom. The summed E-state index contributed by atoms with van der Waals surface area (Å²) in [6.07, 6.45) is 1.76. The number of nitrogens with zero attached hydrogens (tertiary/aromatic N) is 1. The lowest BCUT2D eigenvalue weighted by Crippen LogP contribution is -2.40. The fourth-order valence-electron chi connectivity index (χ4n) is 5.55. The van der Waals surface area contributed by atoms with Crippen LogP contribution in [-0.4, -0.2) is 56.6 Å². The molecule has 1 amide bonds. The summed E-state index contributed by atoms with van der Waals surface area (Å²) in [4.78, 5) is 27.8. The molecule has 1 aromatic heterocycles. The molecule has 194 valence electrons. The molecule has 3 aliphatic heterocycles. The second-order valence-electron chi connectivity index (χ2n) is 9.77. The first kappa shape index (κ1) is 24.5. The van der Waals surface area contributed by atoms with E-state index < -0.39 is 16.6 Å². The van der Waals surface area contributed by atoms with Gasteiger partial charge in [-0.2, -0.15) is 0 Å². The van der Waals surface area contributed by atoms with Gasteiger partial charge in [-0.1, -0.05) is 0 Å². The molecule has 1 saturated heterocycles. The van der Waals surface area contributed by atoms with Gasteiger partial charge in [-0.15, -0.1) is 0 Å². The number of rotatable bonds is 6. The molecule has 0 aliphatic carbocycles. The highest BCUT2D eigenvalue weighted by molar-refractivity contribution is 5.78. The van der Waals surface area contributed by atoms with Crippen molar-refractivity contribution in [3.63, 3.8) is 0 Å². The molecule has 2 N–H and O–H groups in total. The lowest BCUT2D eigenvalue weighted by atomic mass is 9.74. The predicted octanol–water partition coefficient (Wildman–Crippen LogP) is 2.13. The molecular weight excluding hydrogens is 468 g/mol. The number of ether oxygens (including phenoxy) is 4. The monoisotopic (exact) mass is 500 g/mol. The van der Waals surface area contributed by atoms with E-state index in [2.05, 4.69) is 17.3 Å². The fourth-order valence-corrected chi connectivity index (χ4v) is 5.55. The van der Waals surface area contributed by atoms with Gasteiger partial charge in [0, 0.05) is 61.9 Å². The molecule has 4 heterocycles. The maximum absolute atomic E-state index is 13.3. The van der Waals surface area contributed by atoms with E-state index in [1.165, 1.54) is 6.07 Å². The zero-order valence-electron chi connectivity index (χ0n) is 20.9. The van der Waals surface area contributed by atoms with Gasteiger partial charge in [0.25, 0.3) is 0 Å². The van der Waals surface area contributed by atoms with Crippen LogP contribution >= 0.6 is 0 Å². The Morgan fingerprint density at radius 1 is 1.22 bits per heavy atom. The van der Waals surface area contributed by atoms with E-state index in [4.69, 9.17) is 23.4 Å². The third-order valence-corrected chi connectivity index (χ3v) is 7.41. The molecular formula is C26H32N2O8. The summed E-state index contributed by atoms with van der Waals surface area (Å²) in [5.74, 6) is 1.76. The lowest BCUT2D eigenvalue weighted by Gasteiger charge is -2.36. The van der Waals surface area contributed by atoms with Gasteiger partial charge in [0.2, 0.25) is 29.6 Å². The van der Waals surface area contributed by atoms with Crippen molar-refractivity contribution in [3.8, 4) is 23.0 Å². The van der Waals surface area contributed by atoms with E-state index in [0.717, 1.165) is 29.7 Å². The number of methoxy groups -OCH3 is 1. The van der Waals surface area contributed by atoms with Crippen molar-refractivity contribution >= 4 is 5.91 Å². The second kappa shape index (κ2) is 9.67. The van der Waals surface area contributed by atoms with Crippen LogP contribution in [0.15, 0.2) is 15.3 Å². The van der Waals surface area contributed by atoms with Gasteiger partial charge in [-0.3, -0.25) is 9.59 Å². The molecule has 0 saturated carbocycles. The van der Waals surface area contributed by atoms with Crippen LogP contribution in [0.1, 0.15) is 47.5 Å². The first-order chi connectivity index (χ1) is 17.3. The fraction of sp³-hybridized carbons (Fsp3) is 0.538. The van der Waals surface area contributed by atoms with Crippen molar-refractivity contribution in [2.75, 3.05) is 40.7 Å². The SMILES string of the molecule is COc1c2c(c(CNC(=O)CC3(c4oc(C)cc(=O)c4O)CCOCC3)c3c1OCO3)CCN(C)C2. The second-order valence-corrected chi connectivity index (χ2v) is 9.77. The van der Waals surface area contributed by atoms with Crippen molar-refractivity contribution in [1.82, 2.24) is 10.2 Å². The van der Waals surface area contributed by atoms with E-state index in [9.17, 15) is 14.7 Å². The Bertz CT molecular complexity index is 1230. The summed E-state index contributed by atoms with van der Waals surface area (Å²) in [6.45, 7) is 4.42. The highest BCUT2D eigenvalue weighted by Gasteiger charge is 2.42. The molecule has 5 rings (SSSR count). The molecule has 10 heteroatoms. The first-order valence-corrected chi connectivity index (χ1v) is 12.2. The van der Waals surface area contributed by atoms with Crippen LogP contribution in [0.25, 0.3) is 0 Å². The van der Waals surface area contributed by atoms with Gasteiger partial charge in [-0.05, 0) is 38.8 Å². The smallest absolute Gasteiger partial charge is 0.231 e. The number of carbonyl (C=O) groups excluding carboxylic acids is 1. The summed E-state index contributed by atoms with van der Waals surface area (Å²) in [5, 5.41) is 13.6. The normalized spacial score (nSPS) is 18.5. The molecule has 0 spiro atoms. The standard InChI is InChI=1S/C26H32N2O8/c1-15-10-19(29)21(31)25(36-15)26(5-8-33-9-6-26)11-20(30)27-12-17-16-4-7-28(2)13-18(16)22(32-3)24-23(17)34-14-35-24/h10,31H,4-9,11-14H2,1-3H3,(H,27,30). The molecule has 3 aliphatic rings. The summed E-state index contributed by atoms with van der Waals surface area (Å²) >= 11 is 0. The topological polar surface area (TPSA) is 120 Å². The number of likely N-dealkylation sites (N-methyl/N-ethyl adjacent to an activating group) is 1. The Morgan fingerprint density at radius 2 is 1.97 bits per heavy atom. The van der Waals surface area contributed by atoms with E-state index in [-0.39, 0.29) is 31.4 Å². The average Bonchev–Trinajstić information content (AvgIpc) is 3.34. The zero-order valence-corrected chi connectivity index (χ0v) is 20.9. The Kier molecular flexibility index (Phi) is 6.57. The minimum absolute atomic E-state index is 0.0525. The third-order valence-electron chi connectivity index (χ3n) is 7.41. The van der Waals surface area contributed by atoms with Crippen LogP contribution in [-0.2, 0) is 34.5 Å². The molecule has 0 radical (unpaired) electrons. The maximum Gasteiger partial charge on any atom is 0.231 e. The van der Waals surface area contributed by atoms with Crippen LogP contribution in [0.3, 0.4) is 0 Å². The Hall–Kier alpha value is -3.24. The van der Waals surface area contributed by atoms with Crippen molar-refractivity contribution in [2.24, 2.45) is 0 Å². The summed E-state index contributed by atoms with van der Waals surface area (Å²) in [7, 11) is 3.68. The molecule has 1 aromatic carbocycles. The van der Waals surface area contributed by atoms with Crippen LogP contribution in [0.5, 0.6) is 23.0 Å². The van der Waals surface area contributed by atoms with E-state index in [0.29, 0.717) is 55.6 Å². The predicted molar refractivity (Wildman–Crippen MR) is 129 cm³/mol. The average molecular weight is 501 g/mol. The van der Waals surface area contributed by atoms with Gasteiger partial charge in [0.1, 0.15) is 5.76 Å². The number of hydrogen-bond acceptors (Lipinski definition) is 9. The minimum atomic E-state index is -0.832. The third kappa shape index (κ3) is 4.28. The number of hydrogen-bond donors (Lipinski definition) is 2. The molecule has 1 fully saturated rings. The van der Waals surface area contributed by atoms with E-state index in [1.54, 1.807) is 14.0 Å². The minimum Gasteiger partial charge on any atom is -0.502 e. The quantitative estimate of drug-likeness (QED) is 0.615. The lowest BCUT2D eigenvalue weighted by molar-refractivity contribution is -0.123. The zero-order chi connectivity index (χ0) is 25.4. The number of aryl methyl sites for hydroxylation is 1. The van der Waals surface area contributed by atoms with Gasteiger partial charge < -0.3 is 38.7 Å². The first-order valence-electron chi connectivity index (χ1n) is 12.2. The van der Waals surface area contributed by atoms with Gasteiger partial charge in [0.05, 0.1) is 7.11 Å². The highest BCUT2D eigenvalue weighted by Crippen LogP contribution is 2.49. The number of carbonyl (C=O) groups is 1. The van der Waals surface area contributed by atoms with Gasteiger partial charge >= 0.3 is 0 Å². The molecule has 10 nitrogen and oxygen atoms in total. The van der Waals surface area contributed by atoms with Crippen molar-refractivity contribution < 1.29 is 33.3 Å². The van der Waals surface area contributed by atoms with Crippen molar-refractivity contribution in [1.29, 1.82) is 0 Å². The molecule has 0 unspecified atom stereocenters. The summed E-state index contributed by atoms with van der Waals surface area (Å²) in [5.41, 5.74) is 1.71. The number of amides is 1. The van der Waals surface area contributed by atoms with Crippen LogP contribution in [0.4, 0.5) is 0 Å². The maximum atomic E-state index is 13.3. The molecule has 2 aromatic rings. The largest absolute Gasteiger partial charge is 0.502 e. The van der Waals surface area contributed by atoms with E-state index >= 15 is 0 Å². The Labute approximate surface area is 209 Å². The van der Waals surface area contributed by atoms with Gasteiger partial charge in [0.15, 0.2) is 17.3 Å². The van der Waals surface area contributed by atoms with Crippen LogP contribution < -0.4 is 25.0 Å². The van der Waals surface area contributed by atoms with Crippen LogP contribution in [0, 0.1) is 6.92 Å². The highest BCUT2D eigenvalue weighted by atomic mass is 16.7. The van der Waals surface area contributed by atoms with Crippen LogP contribution in [0.2, 0.25) is 0 Å². The number of fused-ring (bicyclic) bond motifs is 2. The van der Waals surface area contributed by atoms with Crippen molar-refractivity contribution in [2.45, 2.75) is 51.1 Å². The van der Waals surface area contributed by atoms with E-state index in [1.807, 2.05) is 0 Å². The number of aromatic hydroxyl groups is 1. The number of nitrogens with one attached hydrogen (secondary N) is 1. The summed E-state index contributed by atoms with van der Waals surface area (Å²) in [6, 6.07) is 1.25. The van der Waals surface area contributed by atoms with Crippen molar-refractivity contribution in [3.05, 3.63) is 44.5 Å². The molecule has 36 heavy (non-hydrogen) atoms.